The van der Waals surface area contributed by atoms with E-state index in [0.717, 1.165) is 50.1 Å². The van der Waals surface area contributed by atoms with E-state index in [-0.39, 0.29) is 0 Å². The lowest BCUT2D eigenvalue weighted by molar-refractivity contribution is 0.668. The molecule has 44 heavy (non-hydrogen) atoms. The van der Waals surface area contributed by atoms with Gasteiger partial charge in [-0.3, -0.25) is 10.3 Å². The van der Waals surface area contributed by atoms with Crippen molar-refractivity contribution in [2.75, 3.05) is 4.90 Å². The van der Waals surface area contributed by atoms with E-state index in [0.29, 0.717) is 5.71 Å². The lowest BCUT2D eigenvalue weighted by atomic mass is 9.90. The molecule has 0 radical (unpaired) electrons. The molecule has 0 saturated carbocycles. The second kappa shape index (κ2) is 9.51. The number of benzene rings is 7. The van der Waals surface area contributed by atoms with Gasteiger partial charge in [0.15, 0.2) is 0 Å². The molecule has 0 saturated heterocycles. The number of anilines is 2. The average molecular weight is 564 g/mol. The maximum Gasteiger partial charge on any atom is 0.144 e. The molecular weight excluding hydrogens is 538 g/mol. The van der Waals surface area contributed by atoms with Crippen LogP contribution in [0.25, 0.3) is 54.6 Å². The molecule has 7 aromatic carbocycles. The van der Waals surface area contributed by atoms with Gasteiger partial charge in [0.2, 0.25) is 0 Å². The molecule has 4 heteroatoms. The molecule has 1 N–H and O–H groups in total. The summed E-state index contributed by atoms with van der Waals surface area (Å²) >= 11 is 0. The maximum absolute atomic E-state index is 9.34. The van der Waals surface area contributed by atoms with Crippen LogP contribution in [0.4, 0.5) is 17.1 Å². The van der Waals surface area contributed by atoms with Crippen LogP contribution in [0, 0.1) is 5.41 Å². The molecule has 0 atom stereocenters. The van der Waals surface area contributed by atoms with Crippen molar-refractivity contribution in [1.29, 1.82) is 5.41 Å². The van der Waals surface area contributed by atoms with Gasteiger partial charge in [0, 0.05) is 32.8 Å². The van der Waals surface area contributed by atoms with E-state index in [4.69, 9.17) is 9.41 Å². The van der Waals surface area contributed by atoms with Crippen LogP contribution in [-0.4, -0.2) is 12.1 Å². The highest BCUT2D eigenvalue weighted by Crippen LogP contribution is 2.48. The zero-order valence-electron chi connectivity index (χ0n) is 23.7. The first-order chi connectivity index (χ1) is 21.7. The minimum absolute atomic E-state index is 0.375. The number of rotatable bonds is 4. The minimum atomic E-state index is 0.375. The Morgan fingerprint density at radius 1 is 0.591 bits per heavy atom. The van der Waals surface area contributed by atoms with E-state index in [9.17, 15) is 5.41 Å². The summed E-state index contributed by atoms with van der Waals surface area (Å²) in [6, 6.07) is 47.8. The Morgan fingerprint density at radius 2 is 1.27 bits per heavy atom. The Hall–Kier alpha value is -6.00. The molecule has 0 unspecified atom stereocenters. The van der Waals surface area contributed by atoms with Crippen LogP contribution < -0.4 is 4.90 Å². The number of nitrogens with one attached hydrogen (secondary N) is 1. The molecule has 0 aliphatic carbocycles. The summed E-state index contributed by atoms with van der Waals surface area (Å²) in [5, 5.41) is 16.2. The predicted molar refractivity (Wildman–Crippen MR) is 183 cm³/mol. The van der Waals surface area contributed by atoms with Crippen molar-refractivity contribution < 1.29 is 4.42 Å². The van der Waals surface area contributed by atoms with Crippen LogP contribution in [-0.2, 0) is 0 Å². The second-order valence-corrected chi connectivity index (χ2v) is 11.2. The van der Waals surface area contributed by atoms with Gasteiger partial charge < -0.3 is 4.42 Å². The fourth-order valence-corrected chi connectivity index (χ4v) is 6.65. The second-order valence-electron chi connectivity index (χ2n) is 11.2. The van der Waals surface area contributed by atoms with Gasteiger partial charge >= 0.3 is 0 Å². The molecule has 0 bridgehead atoms. The van der Waals surface area contributed by atoms with Crippen molar-refractivity contribution in [3.8, 4) is 11.1 Å². The predicted octanol–water partition coefficient (Wildman–Crippen LogP) is 10.8. The highest BCUT2D eigenvalue weighted by atomic mass is 16.3. The van der Waals surface area contributed by atoms with Gasteiger partial charge in [0.25, 0.3) is 0 Å². The molecule has 206 valence electrons. The van der Waals surface area contributed by atoms with Crippen molar-refractivity contribution in [2.24, 2.45) is 4.99 Å². The van der Waals surface area contributed by atoms with Gasteiger partial charge in [-0.2, -0.15) is 0 Å². The number of aliphatic imine (C=N–C) groups is 1. The third kappa shape index (κ3) is 3.64. The van der Waals surface area contributed by atoms with Crippen LogP contribution in [0.5, 0.6) is 0 Å². The van der Waals surface area contributed by atoms with Gasteiger partial charge in [0.1, 0.15) is 17.5 Å². The van der Waals surface area contributed by atoms with Crippen LogP contribution in [0.15, 0.2) is 149 Å². The molecule has 4 nitrogen and oxygen atoms in total. The van der Waals surface area contributed by atoms with Gasteiger partial charge in [-0.25, -0.2) is 4.99 Å². The molecule has 1 aliphatic heterocycles. The average Bonchev–Trinajstić information content (AvgIpc) is 3.46. The van der Waals surface area contributed by atoms with Gasteiger partial charge in [0.05, 0.1) is 22.8 Å². The van der Waals surface area contributed by atoms with Crippen molar-refractivity contribution in [1.82, 2.24) is 0 Å². The quantitative estimate of drug-likeness (QED) is 0.171. The molecular formula is C40H25N3O. The maximum atomic E-state index is 9.34. The Labute approximate surface area is 253 Å². The highest BCUT2D eigenvalue weighted by molar-refractivity contribution is 6.22. The summed E-state index contributed by atoms with van der Waals surface area (Å²) in [4.78, 5) is 7.26. The summed E-state index contributed by atoms with van der Waals surface area (Å²) in [6.07, 6.45) is 1.91. The van der Waals surface area contributed by atoms with E-state index in [1.165, 1.54) is 32.7 Å². The van der Waals surface area contributed by atoms with Gasteiger partial charge in [-0.15, -0.1) is 0 Å². The topological polar surface area (TPSA) is 52.6 Å². The SMILES string of the molecule is N=C(c1ccccc1/N=C/N1c2cc3ccccc3cc2-c2cccc3cccc1c23)c1cccc2c1oc1ccccc12. The van der Waals surface area contributed by atoms with Gasteiger partial charge in [-0.1, -0.05) is 103 Å². The number of para-hydroxylation sites is 3. The van der Waals surface area contributed by atoms with E-state index >= 15 is 0 Å². The molecule has 1 aliphatic rings. The lowest BCUT2D eigenvalue weighted by Gasteiger charge is -2.30. The summed E-state index contributed by atoms with van der Waals surface area (Å²) in [6.45, 7) is 0. The van der Waals surface area contributed by atoms with Crippen LogP contribution >= 0.6 is 0 Å². The Morgan fingerprint density at radius 3 is 2.18 bits per heavy atom. The van der Waals surface area contributed by atoms with Crippen molar-refractivity contribution in [3.05, 3.63) is 151 Å². The smallest absolute Gasteiger partial charge is 0.144 e. The summed E-state index contributed by atoms with van der Waals surface area (Å²) < 4.78 is 6.27. The van der Waals surface area contributed by atoms with Crippen LogP contribution in [0.2, 0.25) is 0 Å². The Balaban J connectivity index is 1.20. The van der Waals surface area contributed by atoms with Crippen LogP contribution in [0.3, 0.4) is 0 Å². The summed E-state index contributed by atoms with van der Waals surface area (Å²) in [7, 11) is 0. The first-order valence-corrected chi connectivity index (χ1v) is 14.7. The normalized spacial score (nSPS) is 12.5. The van der Waals surface area contributed by atoms with Crippen molar-refractivity contribution in [2.45, 2.75) is 0 Å². The lowest BCUT2D eigenvalue weighted by Crippen LogP contribution is -2.18. The standard InChI is InChI=1S/C40H25N3O/c41-39(32-18-9-17-30-28-14-4-6-21-37(28)44-40(30)32)31-15-3-5-19-34(31)42-24-43-35-20-8-13-25-12-7-16-29(38(25)35)33-22-26-10-1-2-11-27(26)23-36(33)43/h1-24,41H/b41-39?,42-24+. The monoisotopic (exact) mass is 563 g/mol. The molecule has 8 aromatic rings. The fraction of sp³-hybridized carbons (Fsp3) is 0. The van der Waals surface area contributed by atoms with E-state index in [1.807, 2.05) is 60.9 Å². The third-order valence-electron chi connectivity index (χ3n) is 8.72. The Kier molecular flexibility index (Phi) is 5.32. The molecule has 0 spiro atoms. The first-order valence-electron chi connectivity index (χ1n) is 14.7. The molecule has 2 heterocycles. The third-order valence-corrected chi connectivity index (χ3v) is 8.72. The Bertz CT molecular complexity index is 2480. The fourth-order valence-electron chi connectivity index (χ4n) is 6.65. The number of furan rings is 1. The van der Waals surface area contributed by atoms with Crippen molar-refractivity contribution in [3.63, 3.8) is 0 Å². The highest BCUT2D eigenvalue weighted by Gasteiger charge is 2.24. The number of hydrogen-bond donors (Lipinski definition) is 1. The summed E-state index contributed by atoms with van der Waals surface area (Å²) in [5.41, 5.74) is 8.70. The molecule has 1 aromatic heterocycles. The number of nitrogens with zero attached hydrogens (tertiary/aromatic N) is 2. The van der Waals surface area contributed by atoms with E-state index in [2.05, 4.69) is 89.8 Å². The minimum Gasteiger partial charge on any atom is -0.455 e. The molecule has 9 rings (SSSR count). The molecule has 0 amide bonds. The van der Waals surface area contributed by atoms with E-state index < -0.39 is 0 Å². The zero-order chi connectivity index (χ0) is 29.2. The van der Waals surface area contributed by atoms with Gasteiger partial charge in [-0.05, 0) is 58.1 Å². The van der Waals surface area contributed by atoms with E-state index in [1.54, 1.807) is 0 Å². The number of fused-ring (bicyclic) bond motifs is 6. The largest absolute Gasteiger partial charge is 0.455 e. The summed E-state index contributed by atoms with van der Waals surface area (Å²) in [5.74, 6) is 0. The number of hydrogen-bond acceptors (Lipinski definition) is 3. The zero-order valence-corrected chi connectivity index (χ0v) is 23.7. The van der Waals surface area contributed by atoms with Crippen LogP contribution in [0.1, 0.15) is 11.1 Å². The molecule has 0 fully saturated rings. The first kappa shape index (κ1) is 24.6. The van der Waals surface area contributed by atoms with Crippen molar-refractivity contribution >= 4 is 72.6 Å².